The molecule has 0 saturated carbocycles. The summed E-state index contributed by atoms with van der Waals surface area (Å²) in [5, 5.41) is 12.2. The van der Waals surface area contributed by atoms with Crippen molar-refractivity contribution in [1.29, 1.82) is 0 Å². The second-order valence-electron chi connectivity index (χ2n) is 6.63. The molecule has 0 saturated heterocycles. The molecule has 8 heteroatoms. The third-order valence-electron chi connectivity index (χ3n) is 4.55. The second-order valence-corrected chi connectivity index (χ2v) is 10.0. The van der Waals surface area contributed by atoms with Crippen molar-refractivity contribution in [2.75, 3.05) is 0 Å². The first kappa shape index (κ1) is 27.6. The van der Waals surface area contributed by atoms with Gasteiger partial charge in [-0.15, -0.1) is 0 Å². The van der Waals surface area contributed by atoms with Gasteiger partial charge < -0.3 is 5.11 Å². The fourth-order valence-corrected chi connectivity index (χ4v) is 5.57. The summed E-state index contributed by atoms with van der Waals surface area (Å²) >= 11 is 13.3. The van der Waals surface area contributed by atoms with E-state index in [9.17, 15) is 14.7 Å². The van der Waals surface area contributed by atoms with Crippen LogP contribution < -0.4 is 56.5 Å². The minimum Gasteiger partial charge on any atom is -0.871 e. The molecule has 154 valence electrons. The van der Waals surface area contributed by atoms with Gasteiger partial charge in [0.15, 0.2) is 5.78 Å². The van der Waals surface area contributed by atoms with Crippen molar-refractivity contribution >= 4 is 80.9 Å². The van der Waals surface area contributed by atoms with Gasteiger partial charge in [0.1, 0.15) is 0 Å². The zero-order valence-electron chi connectivity index (χ0n) is 16.8. The molecule has 2 aromatic rings. The zero-order chi connectivity index (χ0) is 22.0. The summed E-state index contributed by atoms with van der Waals surface area (Å²) in [5.74, 6) is -0.279. The van der Waals surface area contributed by atoms with Gasteiger partial charge in [0, 0.05) is 20.9 Å². The minimum atomic E-state index is -0.161. The number of halogens is 4. The molecule has 0 aromatic heterocycles. The summed E-state index contributed by atoms with van der Waals surface area (Å²) in [6.07, 6.45) is 4.64. The summed E-state index contributed by atoms with van der Waals surface area (Å²) in [6, 6.07) is 10.9. The predicted octanol–water partition coefficient (Wildman–Crippen LogP) is 4.21. The van der Waals surface area contributed by atoms with Crippen LogP contribution in [0, 0.1) is 0 Å². The Morgan fingerprint density at radius 1 is 0.935 bits per heavy atom. The van der Waals surface area contributed by atoms with Crippen LogP contribution in [0.15, 0.2) is 72.0 Å². The number of carbonyl (C=O) groups excluding carboxylic acids is 2. The van der Waals surface area contributed by atoms with Crippen molar-refractivity contribution < 1.29 is 66.1 Å². The number of Topliss-reactive ketones (excluding diaryl/α,β-unsaturated/α-hetero) is 2. The molecule has 0 atom stereocenters. The smallest absolute Gasteiger partial charge is 0.871 e. The normalized spacial score (nSPS) is 13.3. The Balaban J connectivity index is 0.00000341. The van der Waals surface area contributed by atoms with Crippen molar-refractivity contribution in [3.8, 4) is 5.75 Å². The molecule has 1 aliphatic carbocycles. The fourth-order valence-electron chi connectivity index (χ4n) is 3.19. The van der Waals surface area contributed by atoms with E-state index in [-0.39, 0.29) is 68.7 Å². The van der Waals surface area contributed by atoms with Crippen LogP contribution >= 0.6 is 63.7 Å². The summed E-state index contributed by atoms with van der Waals surface area (Å²) in [4.78, 5) is 25.1. The van der Waals surface area contributed by atoms with Crippen LogP contribution in [0.4, 0.5) is 0 Å². The molecular formula is C23H15Br4KO3. The van der Waals surface area contributed by atoms with E-state index in [0.29, 0.717) is 29.9 Å². The van der Waals surface area contributed by atoms with Gasteiger partial charge in [-0.1, -0.05) is 68.8 Å². The number of hydrogen-bond acceptors (Lipinski definition) is 3. The van der Waals surface area contributed by atoms with Gasteiger partial charge in [0.05, 0.1) is 8.96 Å². The maximum atomic E-state index is 12.9. The van der Waals surface area contributed by atoms with Gasteiger partial charge in [-0.3, -0.25) is 9.59 Å². The molecule has 2 aromatic carbocycles. The van der Waals surface area contributed by atoms with Crippen LogP contribution in [0.5, 0.6) is 5.75 Å². The molecular weight excluding hydrogens is 683 g/mol. The molecule has 0 amide bonds. The van der Waals surface area contributed by atoms with Gasteiger partial charge >= 0.3 is 51.4 Å². The molecule has 3 nitrogen and oxygen atoms in total. The number of rotatable bonds is 5. The van der Waals surface area contributed by atoms with Crippen molar-refractivity contribution in [3.05, 3.63) is 88.7 Å². The topological polar surface area (TPSA) is 57.2 Å². The van der Waals surface area contributed by atoms with Crippen molar-refractivity contribution in [2.24, 2.45) is 0 Å². The van der Waals surface area contributed by atoms with E-state index in [1.165, 1.54) is 0 Å². The van der Waals surface area contributed by atoms with Crippen LogP contribution in [0.3, 0.4) is 0 Å². The number of ketones is 2. The van der Waals surface area contributed by atoms with Crippen molar-refractivity contribution in [2.45, 2.75) is 19.8 Å². The van der Waals surface area contributed by atoms with E-state index in [4.69, 9.17) is 0 Å². The average Bonchev–Trinajstić information content (AvgIpc) is 2.71. The Kier molecular flexibility index (Phi) is 10.8. The largest absolute Gasteiger partial charge is 1.00 e. The van der Waals surface area contributed by atoms with E-state index in [1.807, 2.05) is 31.2 Å². The third-order valence-corrected chi connectivity index (χ3v) is 6.90. The molecule has 0 N–H and O–H groups in total. The number of benzene rings is 2. The maximum absolute atomic E-state index is 12.9. The standard InChI is InChI=1S/C23H16Br4O3.K/c1-2-5-20(28)14-6-3-4-7-15(14)21(12-8-16(24)22(29)17(25)9-12)13-10-18(26)23(30)19(27)11-13;/h3-4,6-11,29H,2,5H2,1H3;/q;+1/p-1. The molecule has 0 radical (unpaired) electrons. The molecule has 1 aliphatic rings. The molecule has 0 bridgehead atoms. The quantitative estimate of drug-likeness (QED) is 0.348. The van der Waals surface area contributed by atoms with Gasteiger partial charge in [-0.2, -0.15) is 0 Å². The number of carbonyl (C=O) groups is 2. The first-order valence-corrected chi connectivity index (χ1v) is 12.2. The summed E-state index contributed by atoms with van der Waals surface area (Å²) in [5.41, 5.74) is 3.57. The second kappa shape index (κ2) is 12.2. The Bertz CT molecular complexity index is 1100. The van der Waals surface area contributed by atoms with E-state index >= 15 is 0 Å². The Morgan fingerprint density at radius 2 is 1.45 bits per heavy atom. The van der Waals surface area contributed by atoms with Crippen molar-refractivity contribution in [1.82, 2.24) is 0 Å². The SMILES string of the molecule is CCCC(=O)c1ccccc1C(=C1C=C(Br)C(=O)C(Br)=C1)c1cc(Br)c([O-])c(Br)c1.[K+]. The van der Waals surface area contributed by atoms with Gasteiger partial charge in [0.25, 0.3) is 0 Å². The van der Waals surface area contributed by atoms with Crippen molar-refractivity contribution in [3.63, 3.8) is 0 Å². The molecule has 31 heavy (non-hydrogen) atoms. The predicted molar refractivity (Wildman–Crippen MR) is 132 cm³/mol. The fraction of sp³-hybridized carbons (Fsp3) is 0.130. The average molecular weight is 698 g/mol. The summed E-state index contributed by atoms with van der Waals surface area (Å²) < 4.78 is 1.61. The molecule has 0 unspecified atom stereocenters. The Hall–Kier alpha value is 0.356. The van der Waals surface area contributed by atoms with E-state index in [0.717, 1.165) is 28.7 Å². The Labute approximate surface area is 257 Å². The molecule has 0 fully saturated rings. The summed E-state index contributed by atoms with van der Waals surface area (Å²) in [6.45, 7) is 1.97. The van der Waals surface area contributed by atoms with Crippen LogP contribution in [0.2, 0.25) is 0 Å². The van der Waals surface area contributed by atoms with Crippen LogP contribution in [0.1, 0.15) is 41.3 Å². The van der Waals surface area contributed by atoms with Gasteiger partial charge in [0.2, 0.25) is 5.78 Å². The first-order valence-electron chi connectivity index (χ1n) is 9.07. The maximum Gasteiger partial charge on any atom is 1.00 e. The van der Waals surface area contributed by atoms with E-state index in [1.54, 1.807) is 24.3 Å². The zero-order valence-corrected chi connectivity index (χ0v) is 26.2. The first-order chi connectivity index (χ1) is 14.2. The van der Waals surface area contributed by atoms with Crippen LogP contribution in [-0.4, -0.2) is 11.6 Å². The molecule has 0 aliphatic heterocycles. The summed E-state index contributed by atoms with van der Waals surface area (Å²) in [7, 11) is 0. The van der Waals surface area contributed by atoms with Crippen LogP contribution in [-0.2, 0) is 4.79 Å². The van der Waals surface area contributed by atoms with Crippen LogP contribution in [0.25, 0.3) is 5.57 Å². The Morgan fingerprint density at radius 3 is 1.97 bits per heavy atom. The number of allylic oxidation sites excluding steroid dienone is 5. The van der Waals surface area contributed by atoms with Gasteiger partial charge in [-0.05, 0) is 84.8 Å². The van der Waals surface area contributed by atoms with Gasteiger partial charge in [-0.25, -0.2) is 0 Å². The van der Waals surface area contributed by atoms with E-state index in [2.05, 4.69) is 63.7 Å². The minimum absolute atomic E-state index is 0. The number of hydrogen-bond donors (Lipinski definition) is 0. The van der Waals surface area contributed by atoms with E-state index < -0.39 is 0 Å². The molecule has 3 rings (SSSR count). The molecule has 0 heterocycles. The molecule has 0 spiro atoms. The third kappa shape index (κ3) is 6.28. The monoisotopic (exact) mass is 694 g/mol.